The van der Waals surface area contributed by atoms with Gasteiger partial charge in [-0.05, 0) is 62.1 Å². The van der Waals surface area contributed by atoms with Crippen molar-refractivity contribution in [3.05, 3.63) is 47.4 Å². The number of amides is 1. The predicted molar refractivity (Wildman–Crippen MR) is 155 cm³/mol. The number of halogens is 1. The number of fused-ring (bicyclic) bond motifs is 1. The van der Waals surface area contributed by atoms with Crippen LogP contribution in [0, 0.1) is 29.0 Å². The highest BCUT2D eigenvalue weighted by Gasteiger charge is 2.29. The van der Waals surface area contributed by atoms with Crippen LogP contribution >= 0.6 is 0 Å². The maximum atomic E-state index is 14.9. The average molecular weight is 582 g/mol. The number of cyclic esters (lactones) is 1. The van der Waals surface area contributed by atoms with Gasteiger partial charge in [-0.3, -0.25) is 9.48 Å². The molecule has 1 aromatic heterocycles. The summed E-state index contributed by atoms with van der Waals surface area (Å²) >= 11 is 0. The fourth-order valence-electron chi connectivity index (χ4n) is 5.41. The van der Waals surface area contributed by atoms with Crippen LogP contribution < -0.4 is 0 Å². The van der Waals surface area contributed by atoms with Gasteiger partial charge in [0.15, 0.2) is 0 Å². The Balaban J connectivity index is 1.60. The molecule has 0 aliphatic carbocycles. The van der Waals surface area contributed by atoms with E-state index in [1.165, 1.54) is 16.9 Å². The summed E-state index contributed by atoms with van der Waals surface area (Å²) in [6.45, 7) is 8.41. The Labute approximate surface area is 246 Å². The maximum absolute atomic E-state index is 14.9. The number of benzene rings is 1. The largest absolute Gasteiger partial charge is 0.457 e. The Kier molecular flexibility index (Phi) is 10.4. The molecule has 0 saturated carbocycles. The number of rotatable bonds is 4. The van der Waals surface area contributed by atoms with E-state index in [9.17, 15) is 19.1 Å². The molecule has 4 rings (SSSR count). The number of aliphatic hydroxyl groups is 1. The summed E-state index contributed by atoms with van der Waals surface area (Å²) in [6.07, 6.45) is 5.13. The van der Waals surface area contributed by atoms with E-state index in [1.54, 1.807) is 24.0 Å². The van der Waals surface area contributed by atoms with Crippen LogP contribution in [0.5, 0.6) is 0 Å². The van der Waals surface area contributed by atoms with Crippen molar-refractivity contribution in [1.29, 1.82) is 5.26 Å². The fourth-order valence-corrected chi connectivity index (χ4v) is 5.41. The first-order valence-electron chi connectivity index (χ1n) is 14.5. The van der Waals surface area contributed by atoms with E-state index in [-0.39, 0.29) is 30.9 Å². The predicted octanol–water partition coefficient (Wildman–Crippen LogP) is 4.14. The highest BCUT2D eigenvalue weighted by molar-refractivity contribution is 5.82. The second kappa shape index (κ2) is 13.9. The third-order valence-corrected chi connectivity index (χ3v) is 8.05. The van der Waals surface area contributed by atoms with Crippen molar-refractivity contribution in [2.45, 2.75) is 64.9 Å². The van der Waals surface area contributed by atoms with Crippen LogP contribution in [0.2, 0.25) is 0 Å². The van der Waals surface area contributed by atoms with Crippen LogP contribution in [0.15, 0.2) is 36.1 Å². The maximum Gasteiger partial charge on any atom is 0.410 e. The number of nitrogens with zero attached hydrogens (tertiary/aromatic N) is 5. The molecule has 11 heteroatoms. The van der Waals surface area contributed by atoms with Gasteiger partial charge < -0.3 is 24.4 Å². The Morgan fingerprint density at radius 1 is 1.24 bits per heavy atom. The molecule has 226 valence electrons. The zero-order valence-corrected chi connectivity index (χ0v) is 24.7. The molecule has 1 saturated heterocycles. The van der Waals surface area contributed by atoms with E-state index in [0.717, 1.165) is 13.1 Å². The Morgan fingerprint density at radius 2 is 1.98 bits per heavy atom. The molecule has 0 spiro atoms. The molecule has 2 aliphatic heterocycles. The topological polar surface area (TPSA) is 121 Å². The van der Waals surface area contributed by atoms with Crippen LogP contribution in [-0.4, -0.2) is 88.3 Å². The van der Waals surface area contributed by atoms with Crippen LogP contribution in [-0.2, 0) is 20.8 Å². The monoisotopic (exact) mass is 581 g/mol. The minimum Gasteiger partial charge on any atom is -0.457 e. The molecule has 1 amide bonds. The normalized spacial score (nSPS) is 27.5. The number of likely N-dealkylation sites (N-methyl/N-ethyl adjacent to an activating group) is 1. The smallest absolute Gasteiger partial charge is 0.410 e. The van der Waals surface area contributed by atoms with Gasteiger partial charge in [0.05, 0.1) is 35.7 Å². The Morgan fingerprint density at radius 3 is 2.69 bits per heavy atom. The van der Waals surface area contributed by atoms with E-state index >= 15 is 0 Å². The SMILES string of the molecule is C/C(=C\c1cc(F)c2cnn(CC#N)c2c1)[C@H]1OC(=O)C[C@H](O)CC[C@H](C)[C@@H](OC(=O)N2CCN(C)CC2)/C=C/[C@@H]1C. The van der Waals surface area contributed by atoms with Crippen LogP contribution in [0.25, 0.3) is 17.0 Å². The number of hydrogen-bond acceptors (Lipinski definition) is 8. The molecule has 2 aromatic rings. The van der Waals surface area contributed by atoms with Crippen molar-refractivity contribution in [1.82, 2.24) is 19.6 Å². The molecule has 10 nitrogen and oxygen atoms in total. The molecular weight excluding hydrogens is 541 g/mol. The number of ether oxygens (including phenoxy) is 2. The molecule has 2 aliphatic rings. The van der Waals surface area contributed by atoms with Gasteiger partial charge in [0.2, 0.25) is 0 Å². The van der Waals surface area contributed by atoms with Crippen molar-refractivity contribution >= 4 is 29.0 Å². The first-order chi connectivity index (χ1) is 20.0. The van der Waals surface area contributed by atoms with E-state index in [0.29, 0.717) is 48.0 Å². The summed E-state index contributed by atoms with van der Waals surface area (Å²) in [5.74, 6) is -1.41. The number of carbonyl (C=O) groups is 2. The van der Waals surface area contributed by atoms with Crippen LogP contribution in [0.4, 0.5) is 9.18 Å². The fraction of sp³-hybridized carbons (Fsp3) is 0.548. The third kappa shape index (κ3) is 7.75. The minimum absolute atomic E-state index is 0.0154. The Hall–Kier alpha value is -3.75. The molecule has 0 bridgehead atoms. The van der Waals surface area contributed by atoms with Crippen LogP contribution in [0.3, 0.4) is 0 Å². The summed E-state index contributed by atoms with van der Waals surface area (Å²) in [5, 5.41) is 24.1. The lowest BCUT2D eigenvalue weighted by Crippen LogP contribution is -2.48. The Bertz CT molecular complexity index is 1370. The molecule has 1 N–H and O–H groups in total. The van der Waals surface area contributed by atoms with E-state index in [4.69, 9.17) is 14.7 Å². The number of esters is 1. The molecule has 1 fully saturated rings. The molecule has 3 heterocycles. The van der Waals surface area contributed by atoms with Crippen molar-refractivity contribution in [3.8, 4) is 6.07 Å². The lowest BCUT2D eigenvalue weighted by Gasteiger charge is -2.33. The lowest BCUT2D eigenvalue weighted by molar-refractivity contribution is -0.151. The van der Waals surface area contributed by atoms with E-state index in [1.807, 2.05) is 39.1 Å². The van der Waals surface area contributed by atoms with Gasteiger partial charge in [-0.15, -0.1) is 0 Å². The number of piperazine rings is 1. The van der Waals surface area contributed by atoms with E-state index in [2.05, 4.69) is 10.00 Å². The molecular formula is C31H40FN5O5. The lowest BCUT2D eigenvalue weighted by atomic mass is 9.91. The van der Waals surface area contributed by atoms with Crippen LogP contribution in [0.1, 0.15) is 45.6 Å². The summed E-state index contributed by atoms with van der Waals surface area (Å²) in [7, 11) is 2.02. The number of nitriles is 1. The zero-order valence-electron chi connectivity index (χ0n) is 24.7. The zero-order chi connectivity index (χ0) is 30.4. The quantitative estimate of drug-likeness (QED) is 0.423. The van der Waals surface area contributed by atoms with Gasteiger partial charge in [0.1, 0.15) is 24.6 Å². The summed E-state index contributed by atoms with van der Waals surface area (Å²) in [6, 6.07) is 5.14. The minimum atomic E-state index is -0.894. The van der Waals surface area contributed by atoms with Gasteiger partial charge >= 0.3 is 12.1 Å². The third-order valence-electron chi connectivity index (χ3n) is 8.05. The summed E-state index contributed by atoms with van der Waals surface area (Å²) < 4.78 is 28.1. The number of aliphatic hydroxyl groups excluding tert-OH is 1. The highest BCUT2D eigenvalue weighted by atomic mass is 19.1. The van der Waals surface area contributed by atoms with Gasteiger partial charge in [0, 0.05) is 32.1 Å². The second-order valence-corrected chi connectivity index (χ2v) is 11.5. The molecule has 0 radical (unpaired) electrons. The number of hydrogen-bond donors (Lipinski definition) is 1. The van der Waals surface area contributed by atoms with Gasteiger partial charge in [0.25, 0.3) is 0 Å². The van der Waals surface area contributed by atoms with E-state index < -0.39 is 30.1 Å². The summed E-state index contributed by atoms with van der Waals surface area (Å²) in [5.41, 5.74) is 1.68. The second-order valence-electron chi connectivity index (χ2n) is 11.5. The average Bonchev–Trinajstić information content (AvgIpc) is 3.35. The van der Waals surface area contributed by atoms with Crippen molar-refractivity contribution in [2.24, 2.45) is 11.8 Å². The molecule has 42 heavy (non-hydrogen) atoms. The number of carbonyl (C=O) groups excluding carboxylic acids is 2. The molecule has 1 aromatic carbocycles. The van der Waals surface area contributed by atoms with Crippen molar-refractivity contribution < 1.29 is 28.6 Å². The van der Waals surface area contributed by atoms with Gasteiger partial charge in [-0.25, -0.2) is 9.18 Å². The molecule has 0 unspecified atom stereocenters. The van der Waals surface area contributed by atoms with Crippen molar-refractivity contribution in [3.63, 3.8) is 0 Å². The van der Waals surface area contributed by atoms with Crippen molar-refractivity contribution in [2.75, 3.05) is 33.2 Å². The standard InChI is InChI=1S/C31H40FN5O5/c1-20-5-7-24(38)18-29(39)42-30(21(2)6-8-28(20)41-31(40)36-13-11-35(4)12-14-36)22(3)15-23-16-26(32)25-19-34-37(10-9-33)27(25)17-23/h6,8,15-17,19-21,24,28,30,38H,5,7,10-14,18H2,1-4H3/b8-6+,22-15+/t20-,21-,24+,28-,30-/m0/s1. The summed E-state index contributed by atoms with van der Waals surface area (Å²) in [4.78, 5) is 29.7. The van der Waals surface area contributed by atoms with Gasteiger partial charge in [-0.2, -0.15) is 10.4 Å². The first kappa shape index (κ1) is 31.2. The highest BCUT2D eigenvalue weighted by Crippen LogP contribution is 2.27. The number of aromatic nitrogens is 2. The van der Waals surface area contributed by atoms with Gasteiger partial charge in [-0.1, -0.05) is 26.0 Å². The molecule has 5 atom stereocenters. The first-order valence-corrected chi connectivity index (χ1v) is 14.5.